The molecule has 0 saturated carbocycles. The summed E-state index contributed by atoms with van der Waals surface area (Å²) in [6, 6.07) is 12.7. The Bertz CT molecular complexity index is 1140. The van der Waals surface area contributed by atoms with Gasteiger partial charge in [-0.05, 0) is 24.3 Å². The molecule has 30 heavy (non-hydrogen) atoms. The largest absolute Gasteiger partial charge is 0.496 e. The number of aromatic nitrogens is 2. The van der Waals surface area contributed by atoms with Crippen LogP contribution in [0.3, 0.4) is 0 Å². The van der Waals surface area contributed by atoms with Gasteiger partial charge in [-0.3, -0.25) is 9.59 Å². The third kappa shape index (κ3) is 4.42. The van der Waals surface area contributed by atoms with Gasteiger partial charge in [-0.15, -0.1) is 0 Å². The van der Waals surface area contributed by atoms with E-state index in [2.05, 4.69) is 15.6 Å². The molecule has 2 N–H and O–H groups in total. The molecule has 3 aromatic rings. The van der Waals surface area contributed by atoms with Gasteiger partial charge in [0, 0.05) is 30.7 Å². The molecule has 0 aliphatic heterocycles. The van der Waals surface area contributed by atoms with Crippen LogP contribution in [0, 0.1) is 11.3 Å². The van der Waals surface area contributed by atoms with Crippen molar-refractivity contribution in [2.75, 3.05) is 12.4 Å². The van der Waals surface area contributed by atoms with Crippen molar-refractivity contribution in [3.8, 4) is 11.8 Å². The number of carbonyl (C=O) groups is 2. The Morgan fingerprint density at radius 1 is 1.23 bits per heavy atom. The Labute approximate surface area is 178 Å². The number of benzene rings is 2. The van der Waals surface area contributed by atoms with Gasteiger partial charge in [0.05, 0.1) is 17.7 Å². The quantitative estimate of drug-likeness (QED) is 0.613. The lowest BCUT2D eigenvalue weighted by atomic mass is 10.0. The van der Waals surface area contributed by atoms with E-state index in [1.165, 1.54) is 25.3 Å². The number of halogens is 1. The molecule has 8 nitrogen and oxygen atoms in total. The lowest BCUT2D eigenvalue weighted by Crippen LogP contribution is -2.39. The van der Waals surface area contributed by atoms with Crippen molar-refractivity contribution < 1.29 is 14.3 Å². The summed E-state index contributed by atoms with van der Waals surface area (Å²) in [5.74, 6) is -0.675. The molecule has 0 aliphatic carbocycles. The van der Waals surface area contributed by atoms with Gasteiger partial charge < -0.3 is 19.9 Å². The average Bonchev–Trinajstić information content (AvgIpc) is 3.17. The van der Waals surface area contributed by atoms with E-state index in [1.54, 1.807) is 48.3 Å². The van der Waals surface area contributed by atoms with Crippen LogP contribution in [0.15, 0.2) is 54.9 Å². The third-order valence-electron chi connectivity index (χ3n) is 4.40. The van der Waals surface area contributed by atoms with Gasteiger partial charge in [-0.25, -0.2) is 4.98 Å². The molecule has 1 heterocycles. The first-order valence-electron chi connectivity index (χ1n) is 8.86. The minimum absolute atomic E-state index is 0.176. The highest BCUT2D eigenvalue weighted by atomic mass is 35.5. The number of imidazole rings is 1. The van der Waals surface area contributed by atoms with E-state index in [9.17, 15) is 9.59 Å². The molecule has 1 atom stereocenters. The molecule has 9 heteroatoms. The van der Waals surface area contributed by atoms with E-state index < -0.39 is 17.9 Å². The molecule has 2 amide bonds. The van der Waals surface area contributed by atoms with Gasteiger partial charge in [0.15, 0.2) is 0 Å². The maximum absolute atomic E-state index is 12.7. The van der Waals surface area contributed by atoms with E-state index in [0.717, 1.165) is 0 Å². The topological polar surface area (TPSA) is 109 Å². The summed E-state index contributed by atoms with van der Waals surface area (Å²) in [5, 5.41) is 14.3. The molecule has 0 aliphatic rings. The predicted molar refractivity (Wildman–Crippen MR) is 111 cm³/mol. The number of anilines is 1. The Balaban J connectivity index is 1.85. The van der Waals surface area contributed by atoms with Crippen LogP contribution in [0.1, 0.15) is 23.0 Å². The smallest absolute Gasteiger partial charge is 0.313 e. The van der Waals surface area contributed by atoms with Crippen molar-refractivity contribution in [3.63, 3.8) is 0 Å². The summed E-state index contributed by atoms with van der Waals surface area (Å²) in [6.45, 7) is 0. The predicted octanol–water partition coefficient (Wildman–Crippen LogP) is 2.80. The summed E-state index contributed by atoms with van der Waals surface area (Å²) in [7, 11) is 3.31. The summed E-state index contributed by atoms with van der Waals surface area (Å²) in [6.07, 6.45) is 3.34. The van der Waals surface area contributed by atoms with Crippen molar-refractivity contribution in [1.82, 2.24) is 14.9 Å². The number of methoxy groups -OCH3 is 1. The van der Waals surface area contributed by atoms with Crippen LogP contribution in [0.4, 0.5) is 5.69 Å². The fourth-order valence-electron chi connectivity index (χ4n) is 2.91. The van der Waals surface area contributed by atoms with Gasteiger partial charge in [0.25, 0.3) is 0 Å². The van der Waals surface area contributed by atoms with E-state index in [-0.39, 0.29) is 10.6 Å². The number of nitrogens with one attached hydrogen (secondary N) is 2. The Morgan fingerprint density at radius 3 is 2.63 bits per heavy atom. The van der Waals surface area contributed by atoms with Crippen molar-refractivity contribution in [1.29, 1.82) is 5.26 Å². The number of nitriles is 1. The van der Waals surface area contributed by atoms with Crippen LogP contribution < -0.4 is 15.4 Å². The van der Waals surface area contributed by atoms with Gasteiger partial charge in [-0.2, -0.15) is 5.26 Å². The summed E-state index contributed by atoms with van der Waals surface area (Å²) >= 11 is 5.98. The first-order chi connectivity index (χ1) is 14.4. The number of hydrogen-bond donors (Lipinski definition) is 2. The molecule has 3 rings (SSSR count). The lowest BCUT2D eigenvalue weighted by Gasteiger charge is -2.21. The third-order valence-corrected chi connectivity index (χ3v) is 4.71. The number of carbonyl (C=O) groups excluding carboxylic acids is 2. The zero-order chi connectivity index (χ0) is 21.7. The van der Waals surface area contributed by atoms with E-state index >= 15 is 0 Å². The monoisotopic (exact) mass is 423 g/mol. The fraction of sp³-hybridized carbons (Fsp3) is 0.143. The second kappa shape index (κ2) is 9.11. The van der Waals surface area contributed by atoms with Gasteiger partial charge >= 0.3 is 11.8 Å². The highest BCUT2D eigenvalue weighted by Crippen LogP contribution is 2.29. The van der Waals surface area contributed by atoms with Crippen LogP contribution in [0.2, 0.25) is 5.02 Å². The first kappa shape index (κ1) is 20.9. The Morgan fingerprint density at radius 2 is 2.00 bits per heavy atom. The molecule has 0 radical (unpaired) electrons. The zero-order valence-electron chi connectivity index (χ0n) is 16.2. The van der Waals surface area contributed by atoms with Crippen molar-refractivity contribution >= 4 is 29.1 Å². The van der Waals surface area contributed by atoms with E-state index in [0.29, 0.717) is 22.8 Å². The maximum atomic E-state index is 12.7. The lowest BCUT2D eigenvalue weighted by molar-refractivity contribution is -0.136. The number of hydrogen-bond acceptors (Lipinski definition) is 5. The van der Waals surface area contributed by atoms with E-state index in [4.69, 9.17) is 21.6 Å². The Hall–Kier alpha value is -3.83. The standard InChI is InChI=1S/C21H18ClN5O3/c1-27-10-9-24-19(27)18(15-5-3-4-6-17(15)30-2)26-21(29)20(28)25-14-8-7-13(12-23)16(22)11-14/h3-11,18H,1-2H3,(H,25,28)(H,26,29). The minimum Gasteiger partial charge on any atom is -0.496 e. The van der Waals surface area contributed by atoms with Crippen molar-refractivity contribution in [3.05, 3.63) is 76.8 Å². The van der Waals surface area contributed by atoms with Crippen LogP contribution >= 0.6 is 11.6 Å². The second-order valence-electron chi connectivity index (χ2n) is 6.31. The summed E-state index contributed by atoms with van der Waals surface area (Å²) < 4.78 is 7.15. The minimum atomic E-state index is -0.884. The number of nitrogens with zero attached hydrogens (tertiary/aromatic N) is 3. The highest BCUT2D eigenvalue weighted by Gasteiger charge is 2.26. The average molecular weight is 424 g/mol. The first-order valence-corrected chi connectivity index (χ1v) is 9.24. The molecular weight excluding hydrogens is 406 g/mol. The Kier molecular flexibility index (Phi) is 6.35. The van der Waals surface area contributed by atoms with Crippen LogP contribution in [-0.4, -0.2) is 28.5 Å². The zero-order valence-corrected chi connectivity index (χ0v) is 17.0. The normalized spacial score (nSPS) is 11.3. The summed E-state index contributed by atoms with van der Waals surface area (Å²) in [4.78, 5) is 29.4. The van der Waals surface area contributed by atoms with Crippen molar-refractivity contribution in [2.24, 2.45) is 7.05 Å². The number of para-hydroxylation sites is 1. The number of amides is 2. The number of rotatable bonds is 5. The van der Waals surface area contributed by atoms with E-state index in [1.807, 2.05) is 6.07 Å². The molecule has 0 bridgehead atoms. The number of ether oxygens (including phenoxy) is 1. The second-order valence-corrected chi connectivity index (χ2v) is 6.71. The molecule has 0 spiro atoms. The molecule has 0 fully saturated rings. The molecule has 152 valence electrons. The van der Waals surface area contributed by atoms with Gasteiger partial charge in [-0.1, -0.05) is 29.8 Å². The molecule has 0 saturated heterocycles. The fourth-order valence-corrected chi connectivity index (χ4v) is 3.13. The molecule has 1 aromatic heterocycles. The van der Waals surface area contributed by atoms with Crippen molar-refractivity contribution in [2.45, 2.75) is 6.04 Å². The van der Waals surface area contributed by atoms with Gasteiger partial charge in [0.2, 0.25) is 0 Å². The van der Waals surface area contributed by atoms with Crippen LogP contribution in [0.5, 0.6) is 5.75 Å². The molecule has 1 unspecified atom stereocenters. The highest BCUT2D eigenvalue weighted by molar-refractivity contribution is 6.40. The SMILES string of the molecule is COc1ccccc1C(NC(=O)C(=O)Nc1ccc(C#N)c(Cl)c1)c1nccn1C. The number of aryl methyl sites for hydroxylation is 1. The van der Waals surface area contributed by atoms with Gasteiger partial charge in [0.1, 0.15) is 23.7 Å². The maximum Gasteiger partial charge on any atom is 0.313 e. The van der Waals surface area contributed by atoms with Crippen LogP contribution in [0.25, 0.3) is 0 Å². The van der Waals surface area contributed by atoms with Crippen LogP contribution in [-0.2, 0) is 16.6 Å². The molecule has 2 aromatic carbocycles. The molecular formula is C21H18ClN5O3. The summed E-state index contributed by atoms with van der Waals surface area (Å²) in [5.41, 5.74) is 1.21.